The van der Waals surface area contributed by atoms with Crippen molar-refractivity contribution in [1.82, 2.24) is 0 Å². The molecular formula is C16H15N3O2. The third kappa shape index (κ3) is 3.37. The van der Waals surface area contributed by atoms with Crippen LogP contribution in [0.2, 0.25) is 0 Å². The highest BCUT2D eigenvalue weighted by molar-refractivity contribution is 5.59. The van der Waals surface area contributed by atoms with Gasteiger partial charge in [-0.3, -0.25) is 10.1 Å². The van der Waals surface area contributed by atoms with E-state index < -0.39 is 4.92 Å². The number of anilines is 1. The van der Waals surface area contributed by atoms with Gasteiger partial charge in [-0.1, -0.05) is 37.3 Å². The summed E-state index contributed by atoms with van der Waals surface area (Å²) in [6, 6.07) is 16.4. The van der Waals surface area contributed by atoms with Crippen LogP contribution in [-0.4, -0.2) is 4.92 Å². The highest BCUT2D eigenvalue weighted by Crippen LogP contribution is 2.26. The van der Waals surface area contributed by atoms with Crippen LogP contribution >= 0.6 is 0 Å². The molecule has 0 aliphatic carbocycles. The standard InChI is InChI=1S/C16H15N3O2/c1-2-15(12-6-4-3-5-7-12)18-14-8-9-16(19(20)21)13(10-14)11-17/h3-10,15,18H,2H2,1H3. The molecule has 0 aromatic heterocycles. The Hall–Kier alpha value is -2.87. The number of nitro benzene ring substituents is 1. The average molecular weight is 281 g/mol. The normalized spacial score (nSPS) is 11.4. The number of hydrogen-bond acceptors (Lipinski definition) is 4. The summed E-state index contributed by atoms with van der Waals surface area (Å²) >= 11 is 0. The molecule has 5 nitrogen and oxygen atoms in total. The van der Waals surface area contributed by atoms with Crippen LogP contribution in [0.1, 0.15) is 30.5 Å². The fraction of sp³-hybridized carbons (Fsp3) is 0.188. The predicted octanol–water partition coefficient (Wildman–Crippen LogP) is 4.03. The molecule has 0 spiro atoms. The van der Waals surface area contributed by atoms with Gasteiger partial charge in [0.2, 0.25) is 0 Å². The average Bonchev–Trinajstić information content (AvgIpc) is 2.53. The van der Waals surface area contributed by atoms with E-state index in [9.17, 15) is 10.1 Å². The Kier molecular flexibility index (Phi) is 4.52. The summed E-state index contributed by atoms with van der Waals surface area (Å²) in [5.74, 6) is 0. The van der Waals surface area contributed by atoms with E-state index in [0.717, 1.165) is 12.0 Å². The van der Waals surface area contributed by atoms with E-state index in [2.05, 4.69) is 12.2 Å². The Bertz CT molecular complexity index is 678. The Morgan fingerprint density at radius 3 is 2.57 bits per heavy atom. The molecule has 1 N–H and O–H groups in total. The molecule has 21 heavy (non-hydrogen) atoms. The third-order valence-electron chi connectivity index (χ3n) is 3.26. The zero-order valence-corrected chi connectivity index (χ0v) is 11.6. The highest BCUT2D eigenvalue weighted by atomic mass is 16.6. The maximum absolute atomic E-state index is 10.8. The summed E-state index contributed by atoms with van der Waals surface area (Å²) < 4.78 is 0. The summed E-state index contributed by atoms with van der Waals surface area (Å²) in [5.41, 5.74) is 1.73. The van der Waals surface area contributed by atoms with Gasteiger partial charge in [-0.05, 0) is 24.1 Å². The van der Waals surface area contributed by atoms with Gasteiger partial charge < -0.3 is 5.32 Å². The second-order valence-corrected chi connectivity index (χ2v) is 4.62. The van der Waals surface area contributed by atoms with Crippen LogP contribution < -0.4 is 5.32 Å². The number of nitrogens with zero attached hydrogens (tertiary/aromatic N) is 2. The lowest BCUT2D eigenvalue weighted by Crippen LogP contribution is -2.09. The molecule has 0 amide bonds. The van der Waals surface area contributed by atoms with E-state index in [4.69, 9.17) is 5.26 Å². The van der Waals surface area contributed by atoms with Gasteiger partial charge in [0.15, 0.2) is 0 Å². The first kappa shape index (κ1) is 14.5. The maximum atomic E-state index is 10.8. The maximum Gasteiger partial charge on any atom is 0.287 e. The molecule has 0 heterocycles. The van der Waals surface area contributed by atoms with Crippen LogP contribution in [0.3, 0.4) is 0 Å². The van der Waals surface area contributed by atoms with Crippen molar-refractivity contribution in [3.05, 3.63) is 69.8 Å². The summed E-state index contributed by atoms with van der Waals surface area (Å²) in [6.45, 7) is 2.06. The summed E-state index contributed by atoms with van der Waals surface area (Å²) in [7, 11) is 0. The summed E-state index contributed by atoms with van der Waals surface area (Å²) in [5, 5.41) is 23.2. The first-order valence-corrected chi connectivity index (χ1v) is 6.65. The van der Waals surface area contributed by atoms with Gasteiger partial charge >= 0.3 is 0 Å². The van der Waals surface area contributed by atoms with Gasteiger partial charge in [0.1, 0.15) is 11.6 Å². The fourth-order valence-electron chi connectivity index (χ4n) is 2.18. The zero-order chi connectivity index (χ0) is 15.2. The molecule has 0 saturated heterocycles. The largest absolute Gasteiger partial charge is 0.378 e. The van der Waals surface area contributed by atoms with Crippen molar-refractivity contribution in [2.24, 2.45) is 0 Å². The van der Waals surface area contributed by atoms with E-state index in [1.54, 1.807) is 6.07 Å². The van der Waals surface area contributed by atoms with Crippen molar-refractivity contribution in [2.45, 2.75) is 19.4 Å². The lowest BCUT2D eigenvalue weighted by Gasteiger charge is -2.18. The Labute approximate surface area is 123 Å². The molecule has 0 bridgehead atoms. The Morgan fingerprint density at radius 2 is 2.00 bits per heavy atom. The van der Waals surface area contributed by atoms with E-state index >= 15 is 0 Å². The van der Waals surface area contributed by atoms with Crippen LogP contribution in [0, 0.1) is 21.4 Å². The van der Waals surface area contributed by atoms with Crippen LogP contribution in [0.4, 0.5) is 11.4 Å². The predicted molar refractivity (Wildman–Crippen MR) is 80.9 cm³/mol. The van der Waals surface area contributed by atoms with Gasteiger partial charge in [0.25, 0.3) is 5.69 Å². The quantitative estimate of drug-likeness (QED) is 0.662. The van der Waals surface area contributed by atoms with Crippen molar-refractivity contribution in [3.63, 3.8) is 0 Å². The summed E-state index contributed by atoms with van der Waals surface area (Å²) in [4.78, 5) is 10.3. The molecule has 1 unspecified atom stereocenters. The number of benzene rings is 2. The lowest BCUT2D eigenvalue weighted by molar-refractivity contribution is -0.385. The first-order chi connectivity index (χ1) is 10.2. The van der Waals surface area contributed by atoms with E-state index in [-0.39, 0.29) is 17.3 Å². The van der Waals surface area contributed by atoms with Crippen molar-refractivity contribution < 1.29 is 4.92 Å². The fourth-order valence-corrected chi connectivity index (χ4v) is 2.18. The minimum absolute atomic E-state index is 0.0629. The van der Waals surface area contributed by atoms with Crippen LogP contribution in [0.5, 0.6) is 0 Å². The lowest BCUT2D eigenvalue weighted by atomic mass is 10.0. The van der Waals surface area contributed by atoms with Crippen LogP contribution in [-0.2, 0) is 0 Å². The number of nitriles is 1. The Morgan fingerprint density at radius 1 is 1.29 bits per heavy atom. The molecule has 0 aliphatic heterocycles. The van der Waals surface area contributed by atoms with E-state index in [0.29, 0.717) is 5.69 Å². The van der Waals surface area contributed by atoms with E-state index in [1.807, 2.05) is 36.4 Å². The number of hydrogen-bond donors (Lipinski definition) is 1. The second-order valence-electron chi connectivity index (χ2n) is 4.62. The van der Waals surface area contributed by atoms with Crippen molar-refractivity contribution in [2.75, 3.05) is 5.32 Å². The highest BCUT2D eigenvalue weighted by Gasteiger charge is 2.15. The molecule has 0 radical (unpaired) electrons. The number of rotatable bonds is 5. The van der Waals surface area contributed by atoms with Gasteiger partial charge in [0.05, 0.1) is 11.0 Å². The molecule has 2 aromatic carbocycles. The molecule has 2 aromatic rings. The molecule has 0 aliphatic rings. The molecular weight excluding hydrogens is 266 g/mol. The van der Waals surface area contributed by atoms with Crippen molar-refractivity contribution >= 4 is 11.4 Å². The SMILES string of the molecule is CCC(Nc1ccc([N+](=O)[O-])c(C#N)c1)c1ccccc1. The second kappa shape index (κ2) is 6.53. The first-order valence-electron chi connectivity index (χ1n) is 6.65. The Balaban J connectivity index is 2.27. The van der Waals surface area contributed by atoms with Gasteiger partial charge in [0, 0.05) is 11.8 Å². The minimum atomic E-state index is -0.545. The van der Waals surface area contributed by atoms with Crippen LogP contribution in [0.15, 0.2) is 48.5 Å². The van der Waals surface area contributed by atoms with Gasteiger partial charge in [-0.25, -0.2) is 0 Å². The van der Waals surface area contributed by atoms with Gasteiger partial charge in [-0.15, -0.1) is 0 Å². The molecule has 2 rings (SSSR count). The molecule has 1 atom stereocenters. The summed E-state index contributed by atoms with van der Waals surface area (Å²) in [6.07, 6.45) is 0.864. The number of nitro groups is 1. The molecule has 5 heteroatoms. The number of nitrogens with one attached hydrogen (secondary N) is 1. The minimum Gasteiger partial charge on any atom is -0.378 e. The molecule has 106 valence electrons. The van der Waals surface area contributed by atoms with Crippen molar-refractivity contribution in [3.8, 4) is 6.07 Å². The smallest absolute Gasteiger partial charge is 0.287 e. The zero-order valence-electron chi connectivity index (χ0n) is 11.6. The van der Waals surface area contributed by atoms with Crippen molar-refractivity contribution in [1.29, 1.82) is 5.26 Å². The van der Waals surface area contributed by atoms with Gasteiger partial charge in [-0.2, -0.15) is 5.26 Å². The monoisotopic (exact) mass is 281 g/mol. The van der Waals surface area contributed by atoms with E-state index in [1.165, 1.54) is 12.1 Å². The molecule has 0 fully saturated rings. The topological polar surface area (TPSA) is 79.0 Å². The van der Waals surface area contributed by atoms with Crippen LogP contribution in [0.25, 0.3) is 0 Å². The third-order valence-corrected chi connectivity index (χ3v) is 3.26. The molecule has 0 saturated carbocycles.